The van der Waals surface area contributed by atoms with Crippen molar-refractivity contribution in [1.29, 1.82) is 0 Å². The van der Waals surface area contributed by atoms with Crippen molar-refractivity contribution >= 4 is 18.5 Å². The molecule has 0 nitrogen and oxygen atoms in total. The highest BCUT2D eigenvalue weighted by atomic mass is 31.1. The molecule has 0 amide bonds. The molecule has 0 aromatic heterocycles. The lowest BCUT2D eigenvalue weighted by Crippen LogP contribution is -2.13. The van der Waals surface area contributed by atoms with Gasteiger partial charge < -0.3 is 0 Å². The maximum atomic E-state index is 13.1. The molecule has 0 N–H and O–H groups in total. The smallest absolute Gasteiger partial charge is 0.206 e. The number of hydrogen-bond donors (Lipinski definition) is 0. The molecule has 0 atom stereocenters. The van der Waals surface area contributed by atoms with Gasteiger partial charge in [-0.3, -0.25) is 0 Å². The summed E-state index contributed by atoms with van der Waals surface area (Å²) in [4.78, 5) is 0. The van der Waals surface area contributed by atoms with Crippen LogP contribution in [0.5, 0.6) is 0 Å². The van der Waals surface area contributed by atoms with Crippen LogP contribution in [0.1, 0.15) is 6.42 Å². The van der Waals surface area contributed by atoms with E-state index in [4.69, 9.17) is 0 Å². The second kappa shape index (κ2) is 7.25. The highest BCUT2D eigenvalue weighted by molar-refractivity contribution is 7.73. The minimum atomic E-state index is -2.21. The molecule has 0 saturated heterocycles. The molecule has 2 aromatic carbocycles. The maximum absolute atomic E-state index is 13.1. The Labute approximate surface area is 117 Å². The average Bonchev–Trinajstić information content (AvgIpc) is 2.49. The Morgan fingerprint density at radius 3 is 1.60 bits per heavy atom. The van der Waals surface area contributed by atoms with Crippen LogP contribution in [0.3, 0.4) is 0 Å². The fourth-order valence-electron chi connectivity index (χ4n) is 1.93. The van der Waals surface area contributed by atoms with Gasteiger partial charge >= 0.3 is 6.08 Å². The van der Waals surface area contributed by atoms with Gasteiger partial charge in [0.25, 0.3) is 0 Å². The van der Waals surface area contributed by atoms with Gasteiger partial charge in [-0.15, -0.1) is 0 Å². The summed E-state index contributed by atoms with van der Waals surface area (Å²) in [7, 11) is -0.816. The standard InChI is InChI=1S/C16H14F3P/c17-15(16(18)19)11-12-20(13-7-3-1-4-8-13)14-9-5-2-6-10-14/h1-10H,11-12H2. The van der Waals surface area contributed by atoms with Crippen molar-refractivity contribution in [2.45, 2.75) is 6.42 Å². The molecule has 0 unspecified atom stereocenters. The predicted molar refractivity (Wildman–Crippen MR) is 78.9 cm³/mol. The second-order valence-electron chi connectivity index (χ2n) is 4.24. The highest BCUT2D eigenvalue weighted by Crippen LogP contribution is 2.35. The largest absolute Gasteiger partial charge is 0.301 e. The summed E-state index contributed by atoms with van der Waals surface area (Å²) >= 11 is 0. The number of rotatable bonds is 5. The van der Waals surface area contributed by atoms with Gasteiger partial charge in [-0.2, -0.15) is 8.78 Å². The molecule has 0 aliphatic carbocycles. The topological polar surface area (TPSA) is 0 Å². The predicted octanol–water partition coefficient (Wildman–Crippen LogP) is 4.59. The Balaban J connectivity index is 2.24. The highest BCUT2D eigenvalue weighted by Gasteiger charge is 2.15. The summed E-state index contributed by atoms with van der Waals surface area (Å²) in [6, 6.07) is 19.3. The van der Waals surface area contributed by atoms with Gasteiger partial charge in [0.1, 0.15) is 0 Å². The lowest BCUT2D eigenvalue weighted by atomic mass is 10.4. The summed E-state index contributed by atoms with van der Waals surface area (Å²) in [5.74, 6) is -1.30. The van der Waals surface area contributed by atoms with E-state index in [0.29, 0.717) is 6.16 Å². The molecule has 2 aromatic rings. The van der Waals surface area contributed by atoms with Crippen molar-refractivity contribution in [2.75, 3.05) is 6.16 Å². The zero-order valence-corrected chi connectivity index (χ0v) is 11.7. The molecule has 0 aliphatic rings. The van der Waals surface area contributed by atoms with E-state index in [2.05, 4.69) is 0 Å². The average molecular weight is 294 g/mol. The maximum Gasteiger partial charge on any atom is 0.301 e. The molecule has 0 radical (unpaired) electrons. The van der Waals surface area contributed by atoms with Crippen molar-refractivity contribution in [3.63, 3.8) is 0 Å². The van der Waals surface area contributed by atoms with Crippen LogP contribution in [0.4, 0.5) is 13.2 Å². The number of halogens is 3. The van der Waals surface area contributed by atoms with Crippen LogP contribution in [0, 0.1) is 0 Å². The third-order valence-electron chi connectivity index (χ3n) is 2.90. The normalized spacial score (nSPS) is 10.6. The molecule has 104 valence electrons. The zero-order valence-electron chi connectivity index (χ0n) is 10.8. The quantitative estimate of drug-likeness (QED) is 0.708. The molecular weight excluding hydrogens is 280 g/mol. The number of allylic oxidation sites excluding steroid dienone is 1. The van der Waals surface area contributed by atoms with Gasteiger partial charge in [0.2, 0.25) is 0 Å². The van der Waals surface area contributed by atoms with Gasteiger partial charge in [-0.1, -0.05) is 60.7 Å². The van der Waals surface area contributed by atoms with E-state index in [-0.39, 0.29) is 6.42 Å². The fraction of sp³-hybridized carbons (Fsp3) is 0.125. The van der Waals surface area contributed by atoms with E-state index >= 15 is 0 Å². The Kier molecular flexibility index (Phi) is 5.37. The summed E-state index contributed by atoms with van der Waals surface area (Å²) in [6.07, 6.45) is -2.05. The Bertz CT molecular complexity index is 523. The monoisotopic (exact) mass is 294 g/mol. The van der Waals surface area contributed by atoms with Crippen molar-refractivity contribution in [3.8, 4) is 0 Å². The zero-order chi connectivity index (χ0) is 14.4. The molecule has 20 heavy (non-hydrogen) atoms. The number of benzene rings is 2. The first-order chi connectivity index (χ1) is 9.68. The van der Waals surface area contributed by atoms with E-state index in [9.17, 15) is 13.2 Å². The van der Waals surface area contributed by atoms with E-state index in [1.807, 2.05) is 60.7 Å². The van der Waals surface area contributed by atoms with Gasteiger partial charge in [0.15, 0.2) is 5.83 Å². The van der Waals surface area contributed by atoms with Crippen LogP contribution >= 0.6 is 7.92 Å². The Morgan fingerprint density at radius 1 is 0.750 bits per heavy atom. The van der Waals surface area contributed by atoms with E-state index in [1.165, 1.54) is 0 Å². The summed E-state index contributed by atoms with van der Waals surface area (Å²) in [5, 5.41) is 2.14. The molecule has 0 spiro atoms. The van der Waals surface area contributed by atoms with Crippen molar-refractivity contribution in [3.05, 3.63) is 72.6 Å². The number of hydrogen-bond acceptors (Lipinski definition) is 0. The van der Waals surface area contributed by atoms with Crippen molar-refractivity contribution in [1.82, 2.24) is 0 Å². The molecule has 4 heteroatoms. The summed E-state index contributed by atoms with van der Waals surface area (Å²) in [5.41, 5.74) is 0. The SMILES string of the molecule is FC(F)=C(F)CCP(c1ccccc1)c1ccccc1. The first kappa shape index (κ1) is 14.8. The molecule has 0 fully saturated rings. The van der Waals surface area contributed by atoms with Gasteiger partial charge in [-0.25, -0.2) is 4.39 Å². The first-order valence-electron chi connectivity index (χ1n) is 6.26. The van der Waals surface area contributed by atoms with Crippen LogP contribution in [0.15, 0.2) is 72.6 Å². The molecule has 0 saturated carbocycles. The van der Waals surface area contributed by atoms with Crippen molar-refractivity contribution < 1.29 is 13.2 Å². The van der Waals surface area contributed by atoms with Gasteiger partial charge in [0, 0.05) is 6.42 Å². The van der Waals surface area contributed by atoms with Crippen LogP contribution in [-0.4, -0.2) is 6.16 Å². The van der Waals surface area contributed by atoms with E-state index in [0.717, 1.165) is 10.6 Å². The van der Waals surface area contributed by atoms with E-state index < -0.39 is 19.8 Å². The van der Waals surface area contributed by atoms with Crippen LogP contribution in [-0.2, 0) is 0 Å². The van der Waals surface area contributed by atoms with Crippen molar-refractivity contribution in [2.24, 2.45) is 0 Å². The van der Waals surface area contributed by atoms with Crippen LogP contribution in [0.25, 0.3) is 0 Å². The second-order valence-corrected chi connectivity index (χ2v) is 6.57. The summed E-state index contributed by atoms with van der Waals surface area (Å²) in [6.45, 7) is 0. The minimum absolute atomic E-state index is 0.224. The molecule has 2 rings (SSSR count). The molecule has 0 aliphatic heterocycles. The lowest BCUT2D eigenvalue weighted by Gasteiger charge is -2.18. The Hall–Kier alpha value is -1.60. The molecular formula is C16H14F3P. The van der Waals surface area contributed by atoms with Gasteiger partial charge in [-0.05, 0) is 24.7 Å². The lowest BCUT2D eigenvalue weighted by molar-refractivity contribution is 0.373. The van der Waals surface area contributed by atoms with Crippen LogP contribution in [0.2, 0.25) is 0 Å². The third kappa shape index (κ3) is 3.94. The fourth-order valence-corrected chi connectivity index (χ4v) is 4.23. The Morgan fingerprint density at radius 2 is 1.20 bits per heavy atom. The first-order valence-corrected chi connectivity index (χ1v) is 7.78. The van der Waals surface area contributed by atoms with Gasteiger partial charge in [0.05, 0.1) is 0 Å². The molecule has 0 bridgehead atoms. The van der Waals surface area contributed by atoms with E-state index in [1.54, 1.807) is 0 Å². The third-order valence-corrected chi connectivity index (χ3v) is 5.41. The minimum Gasteiger partial charge on any atom is -0.206 e. The summed E-state index contributed by atoms with van der Waals surface area (Å²) < 4.78 is 37.4. The molecule has 0 heterocycles. The van der Waals surface area contributed by atoms with Crippen LogP contribution < -0.4 is 10.6 Å².